The second-order valence-corrected chi connectivity index (χ2v) is 4.57. The van der Waals surface area contributed by atoms with Crippen molar-refractivity contribution in [2.75, 3.05) is 7.11 Å². The van der Waals surface area contributed by atoms with Gasteiger partial charge in [0.15, 0.2) is 0 Å². The topological polar surface area (TPSA) is 39.2 Å². The summed E-state index contributed by atoms with van der Waals surface area (Å²) in [7, 11) is 1.42. The number of esters is 1. The van der Waals surface area contributed by atoms with Gasteiger partial charge in [-0.1, -0.05) is 6.92 Å². The molecule has 1 atom stereocenters. The van der Waals surface area contributed by atoms with Gasteiger partial charge in [0.25, 0.3) is 0 Å². The van der Waals surface area contributed by atoms with Gasteiger partial charge in [-0.25, -0.2) is 4.98 Å². The van der Waals surface area contributed by atoms with E-state index in [-0.39, 0.29) is 11.9 Å². The van der Waals surface area contributed by atoms with E-state index < -0.39 is 0 Å². The second-order valence-electron chi connectivity index (χ2n) is 3.16. The summed E-state index contributed by atoms with van der Waals surface area (Å²) in [5.41, 5.74) is 0.877. The van der Waals surface area contributed by atoms with E-state index in [0.717, 1.165) is 22.0 Å². The van der Waals surface area contributed by atoms with Crippen molar-refractivity contribution in [2.24, 2.45) is 0 Å². The van der Waals surface area contributed by atoms with Gasteiger partial charge in [-0.05, 0) is 20.3 Å². The van der Waals surface area contributed by atoms with Crippen LogP contribution in [0.5, 0.6) is 0 Å². The fourth-order valence-corrected chi connectivity index (χ4v) is 2.36. The number of rotatable bonds is 3. The van der Waals surface area contributed by atoms with Crippen molar-refractivity contribution in [3.8, 4) is 0 Å². The number of carbonyl (C=O) groups excluding carboxylic acids is 1. The molecule has 0 fully saturated rings. The van der Waals surface area contributed by atoms with Crippen molar-refractivity contribution >= 4 is 17.3 Å². The number of hydrogen-bond acceptors (Lipinski definition) is 4. The molecule has 1 unspecified atom stereocenters. The summed E-state index contributed by atoms with van der Waals surface area (Å²) in [6.07, 6.45) is 0.733. The van der Waals surface area contributed by atoms with Crippen molar-refractivity contribution in [2.45, 2.75) is 33.1 Å². The highest BCUT2D eigenvalue weighted by Crippen LogP contribution is 2.27. The lowest BCUT2D eigenvalue weighted by atomic mass is 10.0. The first-order valence-corrected chi connectivity index (χ1v) is 5.43. The molecule has 0 aromatic carbocycles. The molecule has 3 nitrogen and oxygen atoms in total. The molecule has 0 N–H and O–H groups in total. The van der Waals surface area contributed by atoms with Crippen LogP contribution in [0, 0.1) is 13.8 Å². The van der Waals surface area contributed by atoms with E-state index in [1.165, 1.54) is 7.11 Å². The number of methoxy groups -OCH3 is 1. The summed E-state index contributed by atoms with van der Waals surface area (Å²) in [5.74, 6) is -0.397. The van der Waals surface area contributed by atoms with Crippen LogP contribution < -0.4 is 0 Å². The Balaban J connectivity index is 3.00. The molecular formula is C10H15NO2S. The van der Waals surface area contributed by atoms with Gasteiger partial charge in [0.05, 0.1) is 23.7 Å². The van der Waals surface area contributed by atoms with E-state index in [9.17, 15) is 4.79 Å². The number of hydrogen-bond donors (Lipinski definition) is 0. The molecule has 1 aromatic heterocycles. The molecule has 4 heteroatoms. The maximum absolute atomic E-state index is 11.4. The molecule has 0 spiro atoms. The van der Waals surface area contributed by atoms with Crippen LogP contribution in [-0.2, 0) is 9.53 Å². The van der Waals surface area contributed by atoms with E-state index in [1.807, 2.05) is 20.8 Å². The van der Waals surface area contributed by atoms with Crippen LogP contribution >= 0.6 is 11.3 Å². The molecule has 0 aliphatic rings. The Morgan fingerprint density at radius 2 is 2.21 bits per heavy atom. The standard InChI is InChI=1S/C10H15NO2S/c1-5-8(10(12)13-4)9-6(2)14-7(3)11-9/h8H,5H2,1-4H3. The normalized spacial score (nSPS) is 12.6. The number of aromatic nitrogens is 1. The Morgan fingerprint density at radius 3 is 2.57 bits per heavy atom. The Labute approximate surface area is 88.1 Å². The van der Waals surface area contributed by atoms with E-state index in [0.29, 0.717) is 0 Å². The van der Waals surface area contributed by atoms with E-state index in [1.54, 1.807) is 11.3 Å². The molecule has 14 heavy (non-hydrogen) atoms. The van der Waals surface area contributed by atoms with Crippen LogP contribution in [0.1, 0.15) is 34.8 Å². The molecule has 0 aliphatic carbocycles. The third kappa shape index (κ3) is 2.12. The average molecular weight is 213 g/mol. The SMILES string of the molecule is CCC(C(=O)OC)c1nc(C)sc1C. The highest BCUT2D eigenvalue weighted by Gasteiger charge is 2.23. The van der Waals surface area contributed by atoms with Crippen LogP contribution in [0.25, 0.3) is 0 Å². The van der Waals surface area contributed by atoms with Gasteiger partial charge in [0, 0.05) is 4.88 Å². The molecule has 0 aliphatic heterocycles. The monoisotopic (exact) mass is 213 g/mol. The van der Waals surface area contributed by atoms with Crippen LogP contribution in [0.3, 0.4) is 0 Å². The maximum Gasteiger partial charge on any atom is 0.314 e. The zero-order valence-electron chi connectivity index (χ0n) is 8.96. The van der Waals surface area contributed by atoms with Gasteiger partial charge in [0.1, 0.15) is 0 Å². The minimum Gasteiger partial charge on any atom is -0.469 e. The van der Waals surface area contributed by atoms with Crippen LogP contribution in [0.2, 0.25) is 0 Å². The highest BCUT2D eigenvalue weighted by molar-refractivity contribution is 7.11. The number of nitrogens with zero attached hydrogens (tertiary/aromatic N) is 1. The molecule has 1 heterocycles. The number of thiazole rings is 1. The predicted octanol–water partition coefficient (Wildman–Crippen LogP) is 2.43. The van der Waals surface area contributed by atoms with Crippen molar-refractivity contribution < 1.29 is 9.53 Å². The fourth-order valence-electron chi connectivity index (χ4n) is 1.48. The first kappa shape index (κ1) is 11.2. The van der Waals surface area contributed by atoms with E-state index >= 15 is 0 Å². The van der Waals surface area contributed by atoms with Crippen LogP contribution in [-0.4, -0.2) is 18.1 Å². The molecule has 0 saturated heterocycles. The van der Waals surface area contributed by atoms with Gasteiger partial charge in [-0.3, -0.25) is 4.79 Å². The molecule has 0 saturated carbocycles. The minimum atomic E-state index is -0.204. The summed E-state index contributed by atoms with van der Waals surface area (Å²) in [5, 5.41) is 1.000. The summed E-state index contributed by atoms with van der Waals surface area (Å²) < 4.78 is 4.75. The van der Waals surface area contributed by atoms with E-state index in [2.05, 4.69) is 4.98 Å². The first-order chi connectivity index (χ1) is 6.60. The van der Waals surface area contributed by atoms with Gasteiger partial charge in [-0.15, -0.1) is 11.3 Å². The van der Waals surface area contributed by atoms with E-state index in [4.69, 9.17) is 4.74 Å². The molecule has 0 amide bonds. The minimum absolute atomic E-state index is 0.194. The van der Waals surface area contributed by atoms with Crippen LogP contribution in [0.15, 0.2) is 0 Å². The van der Waals surface area contributed by atoms with Gasteiger partial charge < -0.3 is 4.74 Å². The van der Waals surface area contributed by atoms with Gasteiger partial charge in [-0.2, -0.15) is 0 Å². The molecule has 78 valence electrons. The lowest BCUT2D eigenvalue weighted by molar-refractivity contribution is -0.142. The van der Waals surface area contributed by atoms with Crippen molar-refractivity contribution in [1.29, 1.82) is 0 Å². The predicted molar refractivity (Wildman–Crippen MR) is 56.6 cm³/mol. The Hall–Kier alpha value is -0.900. The number of carbonyl (C=O) groups is 1. The maximum atomic E-state index is 11.4. The molecule has 0 bridgehead atoms. The van der Waals surface area contributed by atoms with Crippen LogP contribution in [0.4, 0.5) is 0 Å². The summed E-state index contributed by atoms with van der Waals surface area (Å²) in [6.45, 7) is 5.91. The molecular weight excluding hydrogens is 198 g/mol. The third-order valence-electron chi connectivity index (χ3n) is 2.16. The highest BCUT2D eigenvalue weighted by atomic mass is 32.1. The first-order valence-electron chi connectivity index (χ1n) is 4.61. The summed E-state index contributed by atoms with van der Waals surface area (Å²) >= 11 is 1.62. The quantitative estimate of drug-likeness (QED) is 0.724. The summed E-state index contributed by atoms with van der Waals surface area (Å²) in [6, 6.07) is 0. The largest absolute Gasteiger partial charge is 0.469 e. The average Bonchev–Trinajstić information content (AvgIpc) is 2.47. The zero-order valence-corrected chi connectivity index (χ0v) is 9.77. The van der Waals surface area contributed by atoms with Gasteiger partial charge in [0.2, 0.25) is 0 Å². The molecule has 1 rings (SSSR count). The lowest BCUT2D eigenvalue weighted by Crippen LogP contribution is -2.14. The fraction of sp³-hybridized carbons (Fsp3) is 0.600. The Morgan fingerprint density at radius 1 is 1.57 bits per heavy atom. The smallest absolute Gasteiger partial charge is 0.314 e. The zero-order chi connectivity index (χ0) is 10.7. The lowest BCUT2D eigenvalue weighted by Gasteiger charge is -2.10. The van der Waals surface area contributed by atoms with Crippen molar-refractivity contribution in [3.63, 3.8) is 0 Å². The van der Waals surface area contributed by atoms with Crippen molar-refractivity contribution in [1.82, 2.24) is 4.98 Å². The molecule has 0 radical (unpaired) electrons. The van der Waals surface area contributed by atoms with Gasteiger partial charge >= 0.3 is 5.97 Å². The Kier molecular flexibility index (Phi) is 3.63. The van der Waals surface area contributed by atoms with Crippen molar-refractivity contribution in [3.05, 3.63) is 15.6 Å². The number of aryl methyl sites for hydroxylation is 2. The third-order valence-corrected chi connectivity index (χ3v) is 3.07. The Bertz CT molecular complexity index is 333. The molecule has 1 aromatic rings. The number of ether oxygens (including phenoxy) is 1. The summed E-state index contributed by atoms with van der Waals surface area (Å²) in [4.78, 5) is 16.9. The second kappa shape index (κ2) is 4.55.